The molecule has 0 saturated carbocycles. The first kappa shape index (κ1) is 15.1. The van der Waals surface area contributed by atoms with E-state index in [4.69, 9.17) is 4.74 Å². The van der Waals surface area contributed by atoms with Crippen LogP contribution in [0.25, 0.3) is 0 Å². The Bertz CT molecular complexity index is 632. The predicted molar refractivity (Wildman–Crippen MR) is 79.7 cm³/mol. The van der Waals surface area contributed by atoms with Crippen LogP contribution < -0.4 is 5.32 Å². The van der Waals surface area contributed by atoms with E-state index in [2.05, 4.69) is 31.2 Å². The van der Waals surface area contributed by atoms with Crippen molar-refractivity contribution in [2.45, 2.75) is 13.0 Å². The van der Waals surface area contributed by atoms with Gasteiger partial charge in [-0.05, 0) is 37.3 Å². The fraction of sp³-hybridized carbons (Fsp3) is 0.143. The molecule has 6 nitrogen and oxygen atoms in total. The minimum absolute atomic E-state index is 0.161. The summed E-state index contributed by atoms with van der Waals surface area (Å²) in [4.78, 5) is 31.5. The van der Waals surface area contributed by atoms with Gasteiger partial charge in [-0.2, -0.15) is 0 Å². The summed E-state index contributed by atoms with van der Waals surface area (Å²) in [7, 11) is 0. The van der Waals surface area contributed by atoms with Crippen molar-refractivity contribution in [1.29, 1.82) is 0 Å². The fourth-order valence-corrected chi connectivity index (χ4v) is 1.71. The van der Waals surface area contributed by atoms with E-state index in [0.29, 0.717) is 5.56 Å². The van der Waals surface area contributed by atoms with Crippen LogP contribution in [0.2, 0.25) is 0 Å². The molecule has 1 unspecified atom stereocenters. The highest BCUT2D eigenvalue weighted by molar-refractivity contribution is 9.10. The summed E-state index contributed by atoms with van der Waals surface area (Å²) in [5.74, 6) is -0.903. The van der Waals surface area contributed by atoms with E-state index in [9.17, 15) is 9.59 Å². The third-order valence-electron chi connectivity index (χ3n) is 2.53. The van der Waals surface area contributed by atoms with Crippen LogP contribution in [-0.2, 0) is 9.53 Å². The molecule has 7 heteroatoms. The van der Waals surface area contributed by atoms with Crippen molar-refractivity contribution in [3.05, 3.63) is 52.8 Å². The Morgan fingerprint density at radius 3 is 2.43 bits per heavy atom. The molecule has 1 amide bonds. The van der Waals surface area contributed by atoms with Gasteiger partial charge < -0.3 is 4.74 Å². The lowest BCUT2D eigenvalue weighted by Crippen LogP contribution is -2.30. The minimum Gasteiger partial charge on any atom is -0.449 e. The average molecular weight is 350 g/mol. The Morgan fingerprint density at radius 1 is 1.19 bits per heavy atom. The molecule has 0 radical (unpaired) electrons. The molecule has 0 aliphatic heterocycles. The number of esters is 1. The number of carbonyl (C=O) groups excluding carboxylic acids is 2. The molecule has 1 N–H and O–H groups in total. The van der Waals surface area contributed by atoms with Gasteiger partial charge in [-0.15, -0.1) is 0 Å². The second-order valence-electron chi connectivity index (χ2n) is 4.12. The SMILES string of the molecule is CC(OC(=O)c1ccc(Br)cc1)C(=O)Nc1ncccn1. The lowest BCUT2D eigenvalue weighted by Gasteiger charge is -2.12. The molecule has 0 fully saturated rings. The maximum absolute atomic E-state index is 11.9. The fourth-order valence-electron chi connectivity index (χ4n) is 1.44. The summed E-state index contributed by atoms with van der Waals surface area (Å²) in [5.41, 5.74) is 0.369. The van der Waals surface area contributed by atoms with Crippen molar-refractivity contribution >= 4 is 33.8 Å². The highest BCUT2D eigenvalue weighted by atomic mass is 79.9. The van der Waals surface area contributed by atoms with Crippen molar-refractivity contribution < 1.29 is 14.3 Å². The Labute approximate surface area is 129 Å². The van der Waals surface area contributed by atoms with Crippen molar-refractivity contribution in [2.75, 3.05) is 5.32 Å². The molecule has 0 saturated heterocycles. The van der Waals surface area contributed by atoms with E-state index in [1.54, 1.807) is 30.3 Å². The summed E-state index contributed by atoms with van der Waals surface area (Å²) < 4.78 is 5.94. The Hall–Kier alpha value is -2.28. The minimum atomic E-state index is -0.954. The van der Waals surface area contributed by atoms with Crippen LogP contribution in [0.1, 0.15) is 17.3 Å². The van der Waals surface area contributed by atoms with Gasteiger partial charge in [0.1, 0.15) is 0 Å². The standard InChI is InChI=1S/C14H12BrN3O3/c1-9(12(19)18-14-16-7-2-8-17-14)21-13(20)10-3-5-11(15)6-4-10/h2-9H,1H3,(H,16,17,18,19). The first-order chi connectivity index (χ1) is 10.1. The third kappa shape index (κ3) is 4.35. The summed E-state index contributed by atoms with van der Waals surface area (Å²) in [6.07, 6.45) is 2.05. The zero-order valence-electron chi connectivity index (χ0n) is 11.1. The Morgan fingerprint density at radius 2 is 1.81 bits per heavy atom. The largest absolute Gasteiger partial charge is 0.449 e. The van der Waals surface area contributed by atoms with Gasteiger partial charge in [0.05, 0.1) is 5.56 Å². The monoisotopic (exact) mass is 349 g/mol. The molecule has 2 aromatic rings. The maximum Gasteiger partial charge on any atom is 0.338 e. The number of hydrogen-bond donors (Lipinski definition) is 1. The van der Waals surface area contributed by atoms with Gasteiger partial charge in [0, 0.05) is 16.9 Å². The van der Waals surface area contributed by atoms with Crippen molar-refractivity contribution in [3.63, 3.8) is 0 Å². The lowest BCUT2D eigenvalue weighted by atomic mass is 10.2. The number of nitrogens with zero attached hydrogens (tertiary/aromatic N) is 2. The topological polar surface area (TPSA) is 81.2 Å². The van der Waals surface area contributed by atoms with Crippen LogP contribution in [0.4, 0.5) is 5.95 Å². The van der Waals surface area contributed by atoms with Gasteiger partial charge in [-0.1, -0.05) is 15.9 Å². The number of rotatable bonds is 4. The average Bonchev–Trinajstić information content (AvgIpc) is 2.48. The van der Waals surface area contributed by atoms with Crippen LogP contribution in [0, 0.1) is 0 Å². The smallest absolute Gasteiger partial charge is 0.338 e. The van der Waals surface area contributed by atoms with Gasteiger partial charge >= 0.3 is 5.97 Å². The number of aromatic nitrogens is 2. The highest BCUT2D eigenvalue weighted by Crippen LogP contribution is 2.12. The highest BCUT2D eigenvalue weighted by Gasteiger charge is 2.19. The molecule has 0 aliphatic rings. The van der Waals surface area contributed by atoms with Crippen LogP contribution >= 0.6 is 15.9 Å². The second-order valence-corrected chi connectivity index (χ2v) is 5.03. The molecule has 0 spiro atoms. The number of ether oxygens (including phenoxy) is 1. The molecule has 1 aromatic carbocycles. The number of anilines is 1. The molecule has 21 heavy (non-hydrogen) atoms. The van der Waals surface area contributed by atoms with E-state index >= 15 is 0 Å². The summed E-state index contributed by atoms with van der Waals surface area (Å²) in [6, 6.07) is 8.29. The van der Waals surface area contributed by atoms with Gasteiger partial charge in [-0.25, -0.2) is 14.8 Å². The van der Waals surface area contributed by atoms with Crippen molar-refractivity contribution in [2.24, 2.45) is 0 Å². The van der Waals surface area contributed by atoms with Crippen LogP contribution in [0.5, 0.6) is 0 Å². The number of halogens is 1. The Kier molecular flexibility index (Phi) is 4.99. The zero-order valence-corrected chi connectivity index (χ0v) is 12.7. The summed E-state index contributed by atoms with van der Waals surface area (Å²) in [5, 5.41) is 2.46. The molecule has 108 valence electrons. The van der Waals surface area contributed by atoms with Gasteiger partial charge in [0.2, 0.25) is 5.95 Å². The van der Waals surface area contributed by atoms with Crippen molar-refractivity contribution in [1.82, 2.24) is 9.97 Å². The van der Waals surface area contributed by atoms with E-state index in [1.807, 2.05) is 0 Å². The third-order valence-corrected chi connectivity index (χ3v) is 3.06. The number of hydrogen-bond acceptors (Lipinski definition) is 5. The predicted octanol–water partition coefficient (Wildman–Crippen LogP) is 2.42. The maximum atomic E-state index is 11.9. The van der Waals surface area contributed by atoms with E-state index in [0.717, 1.165) is 4.47 Å². The number of nitrogens with one attached hydrogen (secondary N) is 1. The quantitative estimate of drug-likeness (QED) is 0.857. The van der Waals surface area contributed by atoms with E-state index < -0.39 is 18.0 Å². The van der Waals surface area contributed by atoms with Crippen LogP contribution in [0.3, 0.4) is 0 Å². The molecule has 1 atom stereocenters. The van der Waals surface area contributed by atoms with Crippen LogP contribution in [-0.4, -0.2) is 27.9 Å². The first-order valence-electron chi connectivity index (χ1n) is 6.10. The molecule has 0 aliphatic carbocycles. The molecule has 2 rings (SSSR count). The number of carbonyl (C=O) groups is 2. The van der Waals surface area contributed by atoms with Crippen LogP contribution in [0.15, 0.2) is 47.2 Å². The lowest BCUT2D eigenvalue weighted by molar-refractivity contribution is -0.123. The number of amides is 1. The normalized spacial score (nSPS) is 11.5. The molecular weight excluding hydrogens is 338 g/mol. The summed E-state index contributed by atoms with van der Waals surface area (Å²) in [6.45, 7) is 1.48. The zero-order chi connectivity index (χ0) is 15.2. The molecular formula is C14H12BrN3O3. The first-order valence-corrected chi connectivity index (χ1v) is 6.90. The molecule has 1 aromatic heterocycles. The van der Waals surface area contributed by atoms with Gasteiger partial charge in [0.25, 0.3) is 5.91 Å². The van der Waals surface area contributed by atoms with Gasteiger partial charge in [0.15, 0.2) is 6.10 Å². The van der Waals surface area contributed by atoms with Crippen molar-refractivity contribution in [3.8, 4) is 0 Å². The van der Waals surface area contributed by atoms with E-state index in [1.165, 1.54) is 19.3 Å². The molecule has 0 bridgehead atoms. The van der Waals surface area contributed by atoms with Gasteiger partial charge in [-0.3, -0.25) is 10.1 Å². The van der Waals surface area contributed by atoms with E-state index in [-0.39, 0.29) is 5.95 Å². The molecule has 1 heterocycles. The second kappa shape index (κ2) is 6.94. The Balaban J connectivity index is 1.94. The number of benzene rings is 1. The summed E-state index contributed by atoms with van der Waals surface area (Å²) >= 11 is 3.28.